The largest absolute Gasteiger partial charge is 0.463 e. The number of carbonyl (C=O) groups excluding carboxylic acids is 1. The van der Waals surface area contributed by atoms with Crippen molar-refractivity contribution in [2.75, 3.05) is 6.61 Å². The molecule has 2 aromatic carbocycles. The Kier molecular flexibility index (Phi) is 5.27. The fourth-order valence-electron chi connectivity index (χ4n) is 3.44. The molecule has 0 N–H and O–H groups in total. The van der Waals surface area contributed by atoms with Gasteiger partial charge < -0.3 is 4.74 Å². The summed E-state index contributed by atoms with van der Waals surface area (Å²) in [4.78, 5) is 31.2. The molecular formula is C23H20N2O3S. The molecule has 1 aromatic heterocycles. The summed E-state index contributed by atoms with van der Waals surface area (Å²) in [5, 5.41) is 0. The average Bonchev–Trinajstić information content (AvgIpc) is 3.03. The third kappa shape index (κ3) is 3.59. The van der Waals surface area contributed by atoms with E-state index in [-0.39, 0.29) is 12.2 Å². The quantitative estimate of drug-likeness (QED) is 0.629. The van der Waals surface area contributed by atoms with Crippen molar-refractivity contribution in [3.05, 3.63) is 103 Å². The number of thiazole rings is 1. The van der Waals surface area contributed by atoms with Gasteiger partial charge in [-0.05, 0) is 31.1 Å². The number of fused-ring (bicyclic) bond motifs is 1. The number of hydrogen-bond acceptors (Lipinski definition) is 5. The Morgan fingerprint density at radius 3 is 2.45 bits per heavy atom. The zero-order valence-electron chi connectivity index (χ0n) is 16.2. The van der Waals surface area contributed by atoms with Gasteiger partial charge in [0.2, 0.25) is 0 Å². The first-order valence-electron chi connectivity index (χ1n) is 9.40. The summed E-state index contributed by atoms with van der Waals surface area (Å²) < 4.78 is 7.47. The van der Waals surface area contributed by atoms with Crippen LogP contribution >= 0.6 is 11.3 Å². The fraction of sp³-hybridized carbons (Fsp3) is 0.174. The second-order valence-corrected chi connectivity index (χ2v) is 7.63. The van der Waals surface area contributed by atoms with Crippen LogP contribution in [0.5, 0.6) is 0 Å². The van der Waals surface area contributed by atoms with Gasteiger partial charge in [-0.15, -0.1) is 0 Å². The third-order valence-corrected chi connectivity index (χ3v) is 5.71. The lowest BCUT2D eigenvalue weighted by atomic mass is 9.96. The average molecular weight is 404 g/mol. The van der Waals surface area contributed by atoms with Crippen LogP contribution in [0.3, 0.4) is 0 Å². The Morgan fingerprint density at radius 1 is 1.14 bits per heavy atom. The number of allylic oxidation sites excluding steroid dienone is 1. The van der Waals surface area contributed by atoms with Crippen molar-refractivity contribution in [2.45, 2.75) is 19.9 Å². The monoisotopic (exact) mass is 404 g/mol. The molecule has 0 bridgehead atoms. The van der Waals surface area contributed by atoms with Crippen LogP contribution in [0.15, 0.2) is 81.7 Å². The van der Waals surface area contributed by atoms with Crippen LogP contribution in [-0.4, -0.2) is 17.1 Å². The Morgan fingerprint density at radius 2 is 1.79 bits per heavy atom. The number of ether oxygens (including phenoxy) is 1. The Labute approximate surface area is 171 Å². The van der Waals surface area contributed by atoms with Crippen molar-refractivity contribution in [2.24, 2.45) is 4.99 Å². The van der Waals surface area contributed by atoms with Crippen molar-refractivity contribution >= 4 is 23.4 Å². The number of rotatable bonds is 4. The highest BCUT2D eigenvalue weighted by Crippen LogP contribution is 2.30. The minimum atomic E-state index is -0.565. The van der Waals surface area contributed by atoms with Crippen molar-refractivity contribution in [1.29, 1.82) is 0 Å². The lowest BCUT2D eigenvalue weighted by Crippen LogP contribution is -2.39. The molecule has 1 aliphatic heterocycles. The van der Waals surface area contributed by atoms with E-state index in [4.69, 9.17) is 4.74 Å². The molecule has 5 nitrogen and oxygen atoms in total. The number of aromatic nitrogens is 1. The fourth-order valence-corrected chi connectivity index (χ4v) is 4.49. The molecular weight excluding hydrogens is 384 g/mol. The molecule has 1 atom stereocenters. The second-order valence-electron chi connectivity index (χ2n) is 6.62. The Bertz CT molecular complexity index is 1250. The zero-order chi connectivity index (χ0) is 20.4. The summed E-state index contributed by atoms with van der Waals surface area (Å²) in [6.45, 7) is 3.81. The van der Waals surface area contributed by atoms with E-state index in [1.165, 1.54) is 11.3 Å². The maximum Gasteiger partial charge on any atom is 0.338 e. The minimum Gasteiger partial charge on any atom is -0.463 e. The molecule has 29 heavy (non-hydrogen) atoms. The van der Waals surface area contributed by atoms with Gasteiger partial charge in [0.1, 0.15) is 0 Å². The molecule has 2 heterocycles. The molecule has 6 heteroatoms. The molecule has 0 unspecified atom stereocenters. The van der Waals surface area contributed by atoms with Crippen LogP contribution in [0.1, 0.15) is 31.0 Å². The maximum absolute atomic E-state index is 13.3. The predicted octanol–water partition coefficient (Wildman–Crippen LogP) is 2.80. The number of hydrogen-bond donors (Lipinski definition) is 0. The van der Waals surface area contributed by atoms with E-state index in [1.54, 1.807) is 18.4 Å². The van der Waals surface area contributed by atoms with Gasteiger partial charge in [-0.1, -0.05) is 72.0 Å². The predicted molar refractivity (Wildman–Crippen MR) is 113 cm³/mol. The lowest BCUT2D eigenvalue weighted by Gasteiger charge is -2.24. The van der Waals surface area contributed by atoms with Gasteiger partial charge in [-0.2, -0.15) is 0 Å². The molecule has 0 aliphatic carbocycles. The first-order chi connectivity index (χ1) is 14.1. The normalized spacial score (nSPS) is 16.3. The van der Waals surface area contributed by atoms with E-state index in [0.717, 1.165) is 11.1 Å². The van der Waals surface area contributed by atoms with Gasteiger partial charge in [0.15, 0.2) is 4.80 Å². The molecule has 0 fully saturated rings. The summed E-state index contributed by atoms with van der Waals surface area (Å²) in [7, 11) is 0. The zero-order valence-corrected chi connectivity index (χ0v) is 17.0. The smallest absolute Gasteiger partial charge is 0.338 e. The van der Waals surface area contributed by atoms with Crippen molar-refractivity contribution in [3.63, 3.8) is 0 Å². The van der Waals surface area contributed by atoms with E-state index in [0.29, 0.717) is 20.6 Å². The first kappa shape index (κ1) is 19.1. The van der Waals surface area contributed by atoms with Crippen LogP contribution in [-0.2, 0) is 9.53 Å². The van der Waals surface area contributed by atoms with Crippen molar-refractivity contribution in [3.8, 4) is 0 Å². The van der Waals surface area contributed by atoms with E-state index in [2.05, 4.69) is 4.99 Å². The molecule has 1 aliphatic rings. The highest BCUT2D eigenvalue weighted by atomic mass is 32.1. The summed E-state index contributed by atoms with van der Waals surface area (Å²) in [5.41, 5.74) is 2.59. The SMILES string of the molecule is CCOC(=O)C1=C(C)N=c2s/c(=C\c3ccccc3)c(=O)n2[C@H]1c1ccccc1. The topological polar surface area (TPSA) is 60.7 Å². The van der Waals surface area contributed by atoms with Gasteiger partial charge in [0, 0.05) is 0 Å². The number of carbonyl (C=O) groups is 1. The molecule has 146 valence electrons. The summed E-state index contributed by atoms with van der Waals surface area (Å²) in [6, 6.07) is 18.6. The summed E-state index contributed by atoms with van der Waals surface area (Å²) >= 11 is 1.33. The number of benzene rings is 2. The van der Waals surface area contributed by atoms with Crippen LogP contribution < -0.4 is 14.9 Å². The highest BCUT2D eigenvalue weighted by Gasteiger charge is 2.33. The number of esters is 1. The van der Waals surface area contributed by atoms with Gasteiger partial charge in [-0.25, -0.2) is 9.79 Å². The third-order valence-electron chi connectivity index (χ3n) is 4.73. The van der Waals surface area contributed by atoms with Gasteiger partial charge in [-0.3, -0.25) is 9.36 Å². The molecule has 0 saturated heterocycles. The standard InChI is InChI=1S/C23H20N2O3S/c1-3-28-22(27)19-15(2)24-23-25(20(19)17-12-8-5-9-13-17)21(26)18(29-23)14-16-10-6-4-7-11-16/h4-14,20H,3H2,1-2H3/b18-14-/t20-/m0/s1. The van der Waals surface area contributed by atoms with E-state index in [1.807, 2.05) is 66.7 Å². The van der Waals surface area contributed by atoms with Gasteiger partial charge in [0.05, 0.1) is 28.5 Å². The minimum absolute atomic E-state index is 0.166. The molecule has 0 spiro atoms. The lowest BCUT2D eigenvalue weighted by molar-refractivity contribution is -0.139. The molecule has 0 amide bonds. The number of nitrogens with zero attached hydrogens (tertiary/aromatic N) is 2. The Hall–Kier alpha value is -3.25. The van der Waals surface area contributed by atoms with Crippen LogP contribution in [0, 0.1) is 0 Å². The first-order valence-corrected chi connectivity index (χ1v) is 10.2. The molecule has 4 rings (SSSR count). The van der Waals surface area contributed by atoms with Gasteiger partial charge >= 0.3 is 5.97 Å². The van der Waals surface area contributed by atoms with Crippen LogP contribution in [0.4, 0.5) is 0 Å². The molecule has 0 radical (unpaired) electrons. The molecule has 0 saturated carbocycles. The van der Waals surface area contributed by atoms with Crippen molar-refractivity contribution in [1.82, 2.24) is 4.57 Å². The van der Waals surface area contributed by atoms with Crippen molar-refractivity contribution < 1.29 is 9.53 Å². The van der Waals surface area contributed by atoms with Crippen LogP contribution in [0.25, 0.3) is 6.08 Å². The summed E-state index contributed by atoms with van der Waals surface area (Å²) in [5.74, 6) is -0.444. The van der Waals surface area contributed by atoms with E-state index in [9.17, 15) is 9.59 Å². The van der Waals surface area contributed by atoms with Crippen LogP contribution in [0.2, 0.25) is 0 Å². The maximum atomic E-state index is 13.3. The Balaban J connectivity index is 1.96. The van der Waals surface area contributed by atoms with Gasteiger partial charge in [0.25, 0.3) is 5.56 Å². The van der Waals surface area contributed by atoms with E-state index < -0.39 is 12.0 Å². The summed E-state index contributed by atoms with van der Waals surface area (Å²) in [6.07, 6.45) is 1.86. The van der Waals surface area contributed by atoms with E-state index >= 15 is 0 Å². The molecule has 3 aromatic rings. The second kappa shape index (κ2) is 8.01. The highest BCUT2D eigenvalue weighted by molar-refractivity contribution is 7.07.